The monoisotopic (exact) mass is 291 g/mol. The van der Waals surface area contributed by atoms with E-state index in [-0.39, 0.29) is 17.3 Å². The Bertz CT molecular complexity index is 491. The van der Waals surface area contributed by atoms with Gasteiger partial charge in [-0.25, -0.2) is 0 Å². The zero-order valence-electron chi connectivity index (χ0n) is 11.6. The molecule has 1 aromatic carbocycles. The molecule has 0 aromatic heterocycles. The van der Waals surface area contributed by atoms with Gasteiger partial charge in [0.1, 0.15) is 0 Å². The third kappa shape index (κ3) is 2.86. The quantitative estimate of drug-likeness (QED) is 0.672. The van der Waals surface area contributed by atoms with Crippen LogP contribution in [0, 0.1) is 5.92 Å². The summed E-state index contributed by atoms with van der Waals surface area (Å²) in [4.78, 5) is 12.7. The van der Waals surface area contributed by atoms with Gasteiger partial charge in [0, 0.05) is 23.8 Å². The molecular weight excluding hydrogens is 270 g/mol. The van der Waals surface area contributed by atoms with Crippen molar-refractivity contribution in [3.63, 3.8) is 0 Å². The normalized spacial score (nSPS) is 25.5. The minimum atomic E-state index is -0.0375. The number of hydrogen-bond acceptors (Lipinski definition) is 4. The molecule has 1 aromatic rings. The highest BCUT2D eigenvalue weighted by Gasteiger charge is 2.40. The number of Topliss-reactive ketones (excluding diaryl/α,β-unsaturated/α-hetero) is 1. The average molecular weight is 291 g/mol. The fourth-order valence-electron chi connectivity index (χ4n) is 3.27. The Labute approximate surface area is 124 Å². The van der Waals surface area contributed by atoms with Gasteiger partial charge in [0.25, 0.3) is 0 Å². The van der Waals surface area contributed by atoms with Crippen molar-refractivity contribution in [2.24, 2.45) is 5.92 Å². The molecular formula is C16H21NO2S. The number of anilines is 1. The lowest BCUT2D eigenvalue weighted by Crippen LogP contribution is -2.44. The molecule has 20 heavy (non-hydrogen) atoms. The molecule has 2 aliphatic rings. The lowest BCUT2D eigenvalue weighted by molar-refractivity contribution is -0.0959. The van der Waals surface area contributed by atoms with Crippen molar-refractivity contribution in [2.75, 3.05) is 23.8 Å². The summed E-state index contributed by atoms with van der Waals surface area (Å²) in [5.74, 6) is 2.63. The molecule has 1 atom stereocenters. The highest BCUT2D eigenvalue weighted by Crippen LogP contribution is 2.40. The van der Waals surface area contributed by atoms with Crippen LogP contribution in [0.2, 0.25) is 0 Å². The minimum absolute atomic E-state index is 0.0375. The Balaban J connectivity index is 1.74. The van der Waals surface area contributed by atoms with E-state index in [1.165, 1.54) is 0 Å². The Morgan fingerprint density at radius 1 is 1.35 bits per heavy atom. The molecule has 3 nitrogen and oxygen atoms in total. The summed E-state index contributed by atoms with van der Waals surface area (Å²) in [7, 11) is 0. The van der Waals surface area contributed by atoms with E-state index in [9.17, 15) is 4.79 Å². The van der Waals surface area contributed by atoms with E-state index in [0.29, 0.717) is 12.3 Å². The summed E-state index contributed by atoms with van der Waals surface area (Å²) in [6.07, 6.45) is 3.88. The number of nitrogen functional groups attached to an aromatic ring is 1. The molecule has 2 aliphatic heterocycles. The van der Waals surface area contributed by atoms with Crippen LogP contribution in [-0.4, -0.2) is 29.5 Å². The van der Waals surface area contributed by atoms with Crippen LogP contribution in [0.25, 0.3) is 0 Å². The first kappa shape index (κ1) is 14.0. The number of ether oxygens (including phenoxy) is 1. The van der Waals surface area contributed by atoms with E-state index in [1.807, 2.05) is 30.0 Å². The van der Waals surface area contributed by atoms with Crippen molar-refractivity contribution in [3.05, 3.63) is 29.8 Å². The van der Waals surface area contributed by atoms with E-state index >= 15 is 0 Å². The number of ketones is 1. The Hall–Kier alpha value is -1.00. The second kappa shape index (κ2) is 5.78. The Kier molecular flexibility index (Phi) is 4.03. The maximum atomic E-state index is 12.7. The molecule has 1 spiro atoms. The standard InChI is InChI=1S/C16H21NO2S/c17-14-3-1-2-12(10-14)15(18)13-4-7-19-16(11-13)5-8-20-9-6-16/h1-3,10,13H,4-9,11,17H2. The van der Waals surface area contributed by atoms with Crippen LogP contribution in [-0.2, 0) is 4.74 Å². The summed E-state index contributed by atoms with van der Waals surface area (Å²) in [6.45, 7) is 0.712. The van der Waals surface area contributed by atoms with Crippen molar-refractivity contribution in [1.29, 1.82) is 0 Å². The van der Waals surface area contributed by atoms with Gasteiger partial charge in [0.15, 0.2) is 5.78 Å². The van der Waals surface area contributed by atoms with Crippen molar-refractivity contribution < 1.29 is 9.53 Å². The third-order valence-corrected chi connectivity index (χ3v) is 5.42. The van der Waals surface area contributed by atoms with Crippen molar-refractivity contribution in [3.8, 4) is 0 Å². The van der Waals surface area contributed by atoms with Gasteiger partial charge in [-0.1, -0.05) is 12.1 Å². The Morgan fingerprint density at radius 2 is 2.15 bits per heavy atom. The summed E-state index contributed by atoms with van der Waals surface area (Å²) < 4.78 is 6.06. The third-order valence-electron chi connectivity index (χ3n) is 4.44. The molecule has 3 rings (SSSR count). The predicted molar refractivity (Wildman–Crippen MR) is 83.2 cm³/mol. The molecule has 2 fully saturated rings. The fraction of sp³-hybridized carbons (Fsp3) is 0.562. The van der Waals surface area contributed by atoms with Crippen LogP contribution in [0.1, 0.15) is 36.0 Å². The second-order valence-corrected chi connectivity index (χ2v) is 7.05. The highest BCUT2D eigenvalue weighted by atomic mass is 32.2. The number of carbonyl (C=O) groups is 1. The lowest BCUT2D eigenvalue weighted by Gasteiger charge is -2.42. The SMILES string of the molecule is Nc1cccc(C(=O)C2CCOC3(CCSCC3)C2)c1. The van der Waals surface area contributed by atoms with Gasteiger partial charge in [0.2, 0.25) is 0 Å². The maximum absolute atomic E-state index is 12.7. The zero-order valence-corrected chi connectivity index (χ0v) is 12.5. The summed E-state index contributed by atoms with van der Waals surface area (Å²) in [5, 5.41) is 0. The molecule has 4 heteroatoms. The molecule has 2 N–H and O–H groups in total. The summed E-state index contributed by atoms with van der Waals surface area (Å²) in [6, 6.07) is 7.34. The summed E-state index contributed by atoms with van der Waals surface area (Å²) in [5.41, 5.74) is 7.15. The van der Waals surface area contributed by atoms with E-state index in [0.717, 1.165) is 42.8 Å². The van der Waals surface area contributed by atoms with Gasteiger partial charge in [-0.3, -0.25) is 4.79 Å². The maximum Gasteiger partial charge on any atom is 0.166 e. The topological polar surface area (TPSA) is 52.3 Å². The molecule has 2 saturated heterocycles. The fourth-order valence-corrected chi connectivity index (χ4v) is 4.51. The molecule has 0 aliphatic carbocycles. The molecule has 2 heterocycles. The average Bonchev–Trinajstić information content (AvgIpc) is 2.47. The number of rotatable bonds is 2. The van der Waals surface area contributed by atoms with Crippen LogP contribution in [0.15, 0.2) is 24.3 Å². The van der Waals surface area contributed by atoms with Crippen LogP contribution in [0.4, 0.5) is 5.69 Å². The molecule has 0 saturated carbocycles. The van der Waals surface area contributed by atoms with Crippen molar-refractivity contribution >= 4 is 23.2 Å². The largest absolute Gasteiger partial charge is 0.399 e. The molecule has 0 amide bonds. The number of carbonyl (C=O) groups excluding carboxylic acids is 1. The minimum Gasteiger partial charge on any atom is -0.399 e. The molecule has 108 valence electrons. The van der Waals surface area contributed by atoms with E-state index in [4.69, 9.17) is 10.5 Å². The van der Waals surface area contributed by atoms with E-state index in [1.54, 1.807) is 6.07 Å². The van der Waals surface area contributed by atoms with Gasteiger partial charge in [-0.2, -0.15) is 11.8 Å². The second-order valence-electron chi connectivity index (χ2n) is 5.82. The van der Waals surface area contributed by atoms with Crippen LogP contribution in [0.3, 0.4) is 0 Å². The predicted octanol–water partition coefficient (Wildman–Crippen LogP) is 3.14. The van der Waals surface area contributed by atoms with Gasteiger partial charge in [-0.05, 0) is 49.3 Å². The van der Waals surface area contributed by atoms with Gasteiger partial charge in [-0.15, -0.1) is 0 Å². The Morgan fingerprint density at radius 3 is 2.90 bits per heavy atom. The molecule has 1 unspecified atom stereocenters. The molecule has 0 bridgehead atoms. The van der Waals surface area contributed by atoms with Crippen molar-refractivity contribution in [1.82, 2.24) is 0 Å². The number of thioether (sulfide) groups is 1. The van der Waals surface area contributed by atoms with Crippen molar-refractivity contribution in [2.45, 2.75) is 31.3 Å². The number of hydrogen-bond donors (Lipinski definition) is 1. The molecule has 0 radical (unpaired) electrons. The van der Waals surface area contributed by atoms with Crippen LogP contribution in [0.5, 0.6) is 0 Å². The smallest absolute Gasteiger partial charge is 0.166 e. The highest BCUT2D eigenvalue weighted by molar-refractivity contribution is 7.99. The first-order valence-electron chi connectivity index (χ1n) is 7.30. The van der Waals surface area contributed by atoms with Crippen LogP contribution < -0.4 is 5.73 Å². The summed E-state index contributed by atoms with van der Waals surface area (Å²) >= 11 is 1.99. The zero-order chi connectivity index (χ0) is 14.0. The first-order chi connectivity index (χ1) is 9.69. The van der Waals surface area contributed by atoms with Gasteiger partial charge >= 0.3 is 0 Å². The number of benzene rings is 1. The van der Waals surface area contributed by atoms with Gasteiger partial charge < -0.3 is 10.5 Å². The van der Waals surface area contributed by atoms with E-state index < -0.39 is 0 Å². The van der Waals surface area contributed by atoms with Crippen LogP contribution >= 0.6 is 11.8 Å². The first-order valence-corrected chi connectivity index (χ1v) is 8.45. The number of nitrogens with two attached hydrogens (primary N) is 1. The van der Waals surface area contributed by atoms with Gasteiger partial charge in [0.05, 0.1) is 5.60 Å². The lowest BCUT2D eigenvalue weighted by atomic mass is 9.79. The van der Waals surface area contributed by atoms with E-state index in [2.05, 4.69) is 0 Å².